The molecule has 0 atom stereocenters. The third-order valence-electron chi connectivity index (χ3n) is 4.99. The van der Waals surface area contributed by atoms with Crippen LogP contribution in [0.25, 0.3) is 16.5 Å². The Balaban J connectivity index is 1.56. The Hall–Kier alpha value is -2.37. The maximum absolute atomic E-state index is 12.3. The summed E-state index contributed by atoms with van der Waals surface area (Å²) in [5.41, 5.74) is 5.28. The van der Waals surface area contributed by atoms with Crippen LogP contribution in [0.1, 0.15) is 36.2 Å². The summed E-state index contributed by atoms with van der Waals surface area (Å²) in [6.45, 7) is 7.80. The van der Waals surface area contributed by atoms with Crippen molar-refractivity contribution in [2.75, 3.05) is 25.0 Å². The highest BCUT2D eigenvalue weighted by atomic mass is 32.1. The zero-order valence-corrected chi connectivity index (χ0v) is 16.6. The molecule has 0 fully saturated rings. The Morgan fingerprint density at radius 1 is 1.33 bits per heavy atom. The fourth-order valence-electron chi connectivity index (χ4n) is 3.70. The summed E-state index contributed by atoms with van der Waals surface area (Å²) >= 11 is 1.53. The van der Waals surface area contributed by atoms with Gasteiger partial charge in [-0.3, -0.25) is 9.69 Å². The summed E-state index contributed by atoms with van der Waals surface area (Å²) in [5.74, 6) is 0.635. The average molecular weight is 380 g/mol. The van der Waals surface area contributed by atoms with Gasteiger partial charge in [0, 0.05) is 53.4 Å². The van der Waals surface area contributed by atoms with E-state index in [1.165, 1.54) is 27.9 Å². The highest BCUT2D eigenvalue weighted by molar-refractivity contribution is 7.08. The smallest absolute Gasteiger partial charge is 0.256 e. The van der Waals surface area contributed by atoms with Gasteiger partial charge in [0.2, 0.25) is 0 Å². The molecule has 0 aliphatic carbocycles. The van der Waals surface area contributed by atoms with E-state index in [0.717, 1.165) is 37.3 Å². The predicted octanol–water partition coefficient (Wildman–Crippen LogP) is 5.23. The van der Waals surface area contributed by atoms with Crippen molar-refractivity contribution in [3.63, 3.8) is 0 Å². The Bertz CT molecular complexity index is 969. The van der Waals surface area contributed by atoms with Crippen LogP contribution in [0, 0.1) is 5.92 Å². The zero-order chi connectivity index (χ0) is 18.8. The summed E-state index contributed by atoms with van der Waals surface area (Å²) in [4.78, 5) is 18.2. The molecule has 1 amide bonds. The largest absolute Gasteiger partial charge is 0.361 e. The first-order chi connectivity index (χ1) is 13.1. The van der Waals surface area contributed by atoms with Gasteiger partial charge in [-0.1, -0.05) is 19.9 Å². The van der Waals surface area contributed by atoms with Crippen molar-refractivity contribution < 1.29 is 4.79 Å². The third-order valence-corrected chi connectivity index (χ3v) is 5.67. The molecular formula is C22H25N3OS. The minimum atomic E-state index is -0.0612. The second-order valence-corrected chi connectivity index (χ2v) is 8.34. The van der Waals surface area contributed by atoms with Crippen molar-refractivity contribution in [2.45, 2.75) is 20.3 Å². The SMILES string of the molecule is CC(C)CN1CC=C(c2c[nH]c3ccc(NC(=O)c4ccsc4)cc23)CC1. The van der Waals surface area contributed by atoms with Crippen molar-refractivity contribution in [2.24, 2.45) is 5.92 Å². The molecule has 0 spiro atoms. The molecule has 3 aromatic rings. The maximum atomic E-state index is 12.3. The van der Waals surface area contributed by atoms with Crippen LogP contribution in [0.5, 0.6) is 0 Å². The standard InChI is InChI=1S/C22H25N3OS/c1-15(2)13-25-8-5-16(6-9-25)20-12-23-21-4-3-18(11-19(20)21)24-22(26)17-7-10-27-14-17/h3-5,7,10-12,14-15,23H,6,8-9,13H2,1-2H3,(H,24,26). The second kappa shape index (κ2) is 7.71. The van der Waals surface area contributed by atoms with E-state index in [2.05, 4.69) is 47.4 Å². The van der Waals surface area contributed by atoms with Crippen molar-refractivity contribution in [3.8, 4) is 0 Å². The molecule has 5 heteroatoms. The number of nitrogens with one attached hydrogen (secondary N) is 2. The first kappa shape index (κ1) is 18.0. The Morgan fingerprint density at radius 2 is 2.22 bits per heavy atom. The molecule has 3 heterocycles. The van der Waals surface area contributed by atoms with Crippen LogP contribution in [0.15, 0.2) is 47.3 Å². The Kier molecular flexibility index (Phi) is 5.14. The second-order valence-electron chi connectivity index (χ2n) is 7.56. The fourth-order valence-corrected chi connectivity index (χ4v) is 4.33. The van der Waals surface area contributed by atoms with Crippen LogP contribution in [0.2, 0.25) is 0 Å². The van der Waals surface area contributed by atoms with Crippen molar-refractivity contribution in [1.82, 2.24) is 9.88 Å². The number of fused-ring (bicyclic) bond motifs is 1. The molecule has 1 aliphatic heterocycles. The van der Waals surface area contributed by atoms with Gasteiger partial charge in [-0.05, 0) is 47.6 Å². The van der Waals surface area contributed by atoms with Crippen LogP contribution in [0.4, 0.5) is 5.69 Å². The minimum absolute atomic E-state index is 0.0612. The van der Waals surface area contributed by atoms with E-state index in [9.17, 15) is 4.79 Å². The molecule has 0 saturated carbocycles. The van der Waals surface area contributed by atoms with Crippen molar-refractivity contribution >= 4 is 39.4 Å². The van der Waals surface area contributed by atoms with Gasteiger partial charge in [-0.2, -0.15) is 11.3 Å². The molecule has 4 rings (SSSR count). The van der Waals surface area contributed by atoms with Crippen LogP contribution in [-0.4, -0.2) is 35.4 Å². The molecule has 0 bridgehead atoms. The first-order valence-corrected chi connectivity index (χ1v) is 10.4. The molecule has 1 aliphatic rings. The number of aromatic nitrogens is 1. The topological polar surface area (TPSA) is 48.1 Å². The molecule has 4 nitrogen and oxygen atoms in total. The monoisotopic (exact) mass is 379 g/mol. The Morgan fingerprint density at radius 3 is 2.93 bits per heavy atom. The summed E-state index contributed by atoms with van der Waals surface area (Å²) in [5, 5.41) is 7.96. The molecule has 140 valence electrons. The van der Waals surface area contributed by atoms with Gasteiger partial charge in [-0.15, -0.1) is 0 Å². The van der Waals surface area contributed by atoms with Gasteiger partial charge in [0.25, 0.3) is 5.91 Å². The van der Waals surface area contributed by atoms with Crippen LogP contribution < -0.4 is 5.32 Å². The van der Waals surface area contributed by atoms with Gasteiger partial charge in [0.05, 0.1) is 5.56 Å². The van der Waals surface area contributed by atoms with E-state index in [1.54, 1.807) is 0 Å². The number of thiophene rings is 1. The number of aromatic amines is 1. The van der Waals surface area contributed by atoms with Crippen LogP contribution >= 0.6 is 11.3 Å². The van der Waals surface area contributed by atoms with Gasteiger partial charge in [0.1, 0.15) is 0 Å². The van der Waals surface area contributed by atoms with E-state index in [0.29, 0.717) is 11.5 Å². The van der Waals surface area contributed by atoms with E-state index >= 15 is 0 Å². The Labute approximate surface area is 163 Å². The number of anilines is 1. The summed E-state index contributed by atoms with van der Waals surface area (Å²) in [7, 11) is 0. The highest BCUT2D eigenvalue weighted by Gasteiger charge is 2.17. The summed E-state index contributed by atoms with van der Waals surface area (Å²) in [6.07, 6.45) is 5.51. The van der Waals surface area contributed by atoms with Crippen LogP contribution in [0.3, 0.4) is 0 Å². The normalized spacial score (nSPS) is 15.3. The van der Waals surface area contributed by atoms with E-state index < -0.39 is 0 Å². The number of H-pyrrole nitrogens is 1. The summed E-state index contributed by atoms with van der Waals surface area (Å²) in [6, 6.07) is 7.91. The van der Waals surface area contributed by atoms with E-state index in [1.807, 2.05) is 29.0 Å². The van der Waals surface area contributed by atoms with E-state index in [-0.39, 0.29) is 5.91 Å². The molecular weight excluding hydrogens is 354 g/mol. The number of hydrogen-bond acceptors (Lipinski definition) is 3. The number of hydrogen-bond donors (Lipinski definition) is 2. The van der Waals surface area contributed by atoms with Gasteiger partial charge < -0.3 is 10.3 Å². The highest BCUT2D eigenvalue weighted by Crippen LogP contribution is 2.31. The molecule has 2 aromatic heterocycles. The van der Waals surface area contributed by atoms with Gasteiger partial charge >= 0.3 is 0 Å². The lowest BCUT2D eigenvalue weighted by atomic mass is 9.98. The third kappa shape index (κ3) is 3.99. The number of rotatable bonds is 5. The molecule has 0 saturated heterocycles. The number of benzene rings is 1. The first-order valence-electron chi connectivity index (χ1n) is 9.46. The molecule has 2 N–H and O–H groups in total. The van der Waals surface area contributed by atoms with Gasteiger partial charge in [0.15, 0.2) is 0 Å². The molecule has 1 aromatic carbocycles. The van der Waals surface area contributed by atoms with Crippen LogP contribution in [-0.2, 0) is 0 Å². The predicted molar refractivity (Wildman–Crippen MR) is 114 cm³/mol. The molecule has 27 heavy (non-hydrogen) atoms. The molecule has 0 unspecified atom stereocenters. The van der Waals surface area contributed by atoms with Crippen molar-refractivity contribution in [3.05, 3.63) is 58.4 Å². The zero-order valence-electron chi connectivity index (χ0n) is 15.8. The van der Waals surface area contributed by atoms with Crippen molar-refractivity contribution in [1.29, 1.82) is 0 Å². The number of nitrogens with zero attached hydrogens (tertiary/aromatic N) is 1. The van der Waals surface area contributed by atoms with Gasteiger partial charge in [-0.25, -0.2) is 0 Å². The summed E-state index contributed by atoms with van der Waals surface area (Å²) < 4.78 is 0. The molecule has 0 radical (unpaired) electrons. The number of carbonyl (C=O) groups excluding carboxylic acids is 1. The maximum Gasteiger partial charge on any atom is 0.256 e. The quantitative estimate of drug-likeness (QED) is 0.638. The fraction of sp³-hybridized carbons (Fsp3) is 0.318. The van der Waals surface area contributed by atoms with E-state index in [4.69, 9.17) is 0 Å². The number of carbonyl (C=O) groups is 1. The minimum Gasteiger partial charge on any atom is -0.361 e. The average Bonchev–Trinajstić information content (AvgIpc) is 3.32. The lowest BCUT2D eigenvalue weighted by Crippen LogP contribution is -2.31. The lowest BCUT2D eigenvalue weighted by molar-refractivity contribution is 0.102. The lowest BCUT2D eigenvalue weighted by Gasteiger charge is -2.27. The number of amides is 1.